The van der Waals surface area contributed by atoms with Gasteiger partial charge in [-0.25, -0.2) is 0 Å². The minimum atomic E-state index is -0.484. The maximum absolute atomic E-state index is 11.9. The smallest absolute Gasteiger partial charge is 0.251 e. The van der Waals surface area contributed by atoms with Gasteiger partial charge in [0.2, 0.25) is 5.91 Å². The molecule has 0 bridgehead atoms. The fraction of sp³-hybridized carbons (Fsp3) is 0.467. The molecule has 0 aromatic heterocycles. The lowest BCUT2D eigenvalue weighted by Crippen LogP contribution is -2.33. The van der Waals surface area contributed by atoms with Gasteiger partial charge in [-0.15, -0.1) is 12.4 Å². The minimum Gasteiger partial charge on any atom is -0.366 e. The number of benzene rings is 1. The molecule has 1 unspecified atom stereocenters. The summed E-state index contributed by atoms with van der Waals surface area (Å²) in [5.41, 5.74) is 6.12. The van der Waals surface area contributed by atoms with E-state index >= 15 is 0 Å². The van der Waals surface area contributed by atoms with Crippen LogP contribution < -0.4 is 16.4 Å². The molecule has 6 heteroatoms. The molecule has 0 spiro atoms. The van der Waals surface area contributed by atoms with E-state index in [-0.39, 0.29) is 18.3 Å². The maximum atomic E-state index is 11.9. The number of carbonyl (C=O) groups excluding carboxylic acids is 2. The number of halogens is 1. The predicted molar refractivity (Wildman–Crippen MR) is 84.8 cm³/mol. The Morgan fingerprint density at radius 1 is 1.24 bits per heavy atom. The number of rotatable bonds is 5. The predicted octanol–water partition coefficient (Wildman–Crippen LogP) is 1.33. The number of nitrogens with one attached hydrogen (secondary N) is 2. The van der Waals surface area contributed by atoms with Crippen LogP contribution in [-0.2, 0) is 0 Å². The Labute approximate surface area is 131 Å². The van der Waals surface area contributed by atoms with Crippen LogP contribution in [0, 0.1) is 5.92 Å². The number of piperidine rings is 1. The van der Waals surface area contributed by atoms with Crippen molar-refractivity contribution in [3.8, 4) is 0 Å². The highest BCUT2D eigenvalue weighted by Crippen LogP contribution is 2.13. The molecule has 4 N–H and O–H groups in total. The summed E-state index contributed by atoms with van der Waals surface area (Å²) < 4.78 is 0. The van der Waals surface area contributed by atoms with E-state index < -0.39 is 5.91 Å². The van der Waals surface area contributed by atoms with Gasteiger partial charge < -0.3 is 16.4 Å². The molecule has 1 heterocycles. The van der Waals surface area contributed by atoms with Crippen molar-refractivity contribution >= 4 is 24.2 Å². The van der Waals surface area contributed by atoms with E-state index in [2.05, 4.69) is 10.6 Å². The summed E-state index contributed by atoms with van der Waals surface area (Å²) in [6.45, 7) is 2.83. The molecule has 2 rings (SSSR count). The Morgan fingerprint density at radius 3 is 2.48 bits per heavy atom. The number of primary amides is 1. The molecule has 1 saturated heterocycles. The van der Waals surface area contributed by atoms with Crippen molar-refractivity contribution in [1.82, 2.24) is 10.6 Å². The van der Waals surface area contributed by atoms with E-state index in [4.69, 9.17) is 5.73 Å². The molecule has 116 valence electrons. The number of carbonyl (C=O) groups is 2. The van der Waals surface area contributed by atoms with E-state index in [1.165, 1.54) is 12.8 Å². The SMILES string of the molecule is Cl.NC(=O)c1ccc(C(=O)NCCC2CCCNC2)cc1. The first-order valence-corrected chi connectivity index (χ1v) is 7.05. The Morgan fingerprint density at radius 2 is 1.90 bits per heavy atom. The highest BCUT2D eigenvalue weighted by molar-refractivity contribution is 5.97. The highest BCUT2D eigenvalue weighted by Gasteiger charge is 2.13. The first kappa shape index (κ1) is 17.5. The molecule has 1 aliphatic heterocycles. The molecular weight excluding hydrogens is 290 g/mol. The quantitative estimate of drug-likeness (QED) is 0.767. The second kappa shape index (κ2) is 8.64. The zero-order chi connectivity index (χ0) is 14.4. The van der Waals surface area contributed by atoms with Gasteiger partial charge in [0.05, 0.1) is 0 Å². The first-order chi connectivity index (χ1) is 9.66. The van der Waals surface area contributed by atoms with Crippen LogP contribution >= 0.6 is 12.4 Å². The van der Waals surface area contributed by atoms with Gasteiger partial charge in [-0.3, -0.25) is 9.59 Å². The van der Waals surface area contributed by atoms with Crippen molar-refractivity contribution in [2.24, 2.45) is 11.7 Å². The number of hydrogen-bond donors (Lipinski definition) is 3. The standard InChI is InChI=1S/C15H21N3O2.ClH/c16-14(19)12-3-5-13(6-4-12)15(20)18-9-7-11-2-1-8-17-10-11;/h3-6,11,17H,1-2,7-10H2,(H2,16,19)(H,18,20);1H. The Balaban J connectivity index is 0.00000220. The monoisotopic (exact) mass is 311 g/mol. The van der Waals surface area contributed by atoms with Crippen LogP contribution in [0.4, 0.5) is 0 Å². The van der Waals surface area contributed by atoms with Crippen LogP contribution in [0.1, 0.15) is 40.0 Å². The third-order valence-electron chi connectivity index (χ3n) is 3.67. The van der Waals surface area contributed by atoms with Gasteiger partial charge in [-0.2, -0.15) is 0 Å². The van der Waals surface area contributed by atoms with E-state index in [1.807, 2.05) is 0 Å². The van der Waals surface area contributed by atoms with Crippen LogP contribution in [0.5, 0.6) is 0 Å². The topological polar surface area (TPSA) is 84.2 Å². The van der Waals surface area contributed by atoms with E-state index in [0.29, 0.717) is 23.6 Å². The van der Waals surface area contributed by atoms with Gasteiger partial charge in [0.1, 0.15) is 0 Å². The van der Waals surface area contributed by atoms with E-state index in [1.54, 1.807) is 24.3 Å². The van der Waals surface area contributed by atoms with Gasteiger partial charge in [-0.05, 0) is 62.5 Å². The molecule has 2 amide bonds. The lowest BCUT2D eigenvalue weighted by molar-refractivity contribution is 0.0948. The lowest BCUT2D eigenvalue weighted by Gasteiger charge is -2.22. The molecule has 21 heavy (non-hydrogen) atoms. The van der Waals surface area contributed by atoms with E-state index in [9.17, 15) is 9.59 Å². The molecule has 1 aromatic carbocycles. The number of nitrogens with two attached hydrogens (primary N) is 1. The second-order valence-corrected chi connectivity index (χ2v) is 5.20. The summed E-state index contributed by atoms with van der Waals surface area (Å²) in [7, 11) is 0. The lowest BCUT2D eigenvalue weighted by atomic mass is 9.96. The fourth-order valence-corrected chi connectivity index (χ4v) is 2.45. The van der Waals surface area contributed by atoms with Crippen LogP contribution in [0.25, 0.3) is 0 Å². The largest absolute Gasteiger partial charge is 0.366 e. The molecule has 0 saturated carbocycles. The number of hydrogen-bond acceptors (Lipinski definition) is 3. The Bertz CT molecular complexity index is 470. The number of amides is 2. The van der Waals surface area contributed by atoms with Crippen LogP contribution in [0.2, 0.25) is 0 Å². The van der Waals surface area contributed by atoms with Gasteiger partial charge in [0, 0.05) is 17.7 Å². The van der Waals surface area contributed by atoms with Crippen LogP contribution in [0.3, 0.4) is 0 Å². The van der Waals surface area contributed by atoms with Gasteiger partial charge in [0.15, 0.2) is 0 Å². The average molecular weight is 312 g/mol. The fourth-order valence-electron chi connectivity index (χ4n) is 2.45. The summed E-state index contributed by atoms with van der Waals surface area (Å²) in [6.07, 6.45) is 3.45. The Hall–Kier alpha value is -1.59. The molecule has 0 aliphatic carbocycles. The maximum Gasteiger partial charge on any atom is 0.251 e. The van der Waals surface area contributed by atoms with Crippen LogP contribution in [-0.4, -0.2) is 31.4 Å². The molecule has 1 fully saturated rings. The third-order valence-corrected chi connectivity index (χ3v) is 3.67. The average Bonchev–Trinajstić information content (AvgIpc) is 2.48. The second-order valence-electron chi connectivity index (χ2n) is 5.20. The van der Waals surface area contributed by atoms with Crippen molar-refractivity contribution in [3.63, 3.8) is 0 Å². The van der Waals surface area contributed by atoms with Crippen molar-refractivity contribution in [2.45, 2.75) is 19.3 Å². The summed E-state index contributed by atoms with van der Waals surface area (Å²) in [5.74, 6) is 0.0628. The van der Waals surface area contributed by atoms with Crippen LogP contribution in [0.15, 0.2) is 24.3 Å². The van der Waals surface area contributed by atoms with Crippen molar-refractivity contribution in [3.05, 3.63) is 35.4 Å². The minimum absolute atomic E-state index is 0. The van der Waals surface area contributed by atoms with Gasteiger partial charge in [0.25, 0.3) is 5.91 Å². The zero-order valence-electron chi connectivity index (χ0n) is 11.9. The van der Waals surface area contributed by atoms with Crippen molar-refractivity contribution < 1.29 is 9.59 Å². The zero-order valence-corrected chi connectivity index (χ0v) is 12.7. The van der Waals surface area contributed by atoms with Gasteiger partial charge in [-0.1, -0.05) is 0 Å². The molecular formula is C15H22ClN3O2. The molecule has 1 atom stereocenters. The van der Waals surface area contributed by atoms with E-state index in [0.717, 1.165) is 19.5 Å². The molecule has 0 radical (unpaired) electrons. The summed E-state index contributed by atoms with van der Waals surface area (Å²) in [6, 6.07) is 6.39. The third kappa shape index (κ3) is 5.36. The molecule has 1 aromatic rings. The molecule has 1 aliphatic rings. The van der Waals surface area contributed by atoms with Gasteiger partial charge >= 0.3 is 0 Å². The van der Waals surface area contributed by atoms with Crippen molar-refractivity contribution in [1.29, 1.82) is 0 Å². The summed E-state index contributed by atoms with van der Waals surface area (Å²) in [5, 5.41) is 6.28. The summed E-state index contributed by atoms with van der Waals surface area (Å²) in [4.78, 5) is 22.9. The van der Waals surface area contributed by atoms with Crippen molar-refractivity contribution in [2.75, 3.05) is 19.6 Å². The highest BCUT2D eigenvalue weighted by atomic mass is 35.5. The molecule has 5 nitrogen and oxygen atoms in total. The normalized spacial score (nSPS) is 17.6. The summed E-state index contributed by atoms with van der Waals surface area (Å²) >= 11 is 0. The first-order valence-electron chi connectivity index (χ1n) is 7.05. The Kier molecular flexibility index (Phi) is 7.19.